The first kappa shape index (κ1) is 16.0. The van der Waals surface area contributed by atoms with Gasteiger partial charge in [-0.25, -0.2) is 0 Å². The molecule has 0 fully saturated rings. The molecular formula is C12H14N2O5S. The van der Waals surface area contributed by atoms with Crippen molar-refractivity contribution in [3.05, 3.63) is 33.9 Å². The van der Waals surface area contributed by atoms with Crippen LogP contribution >= 0.6 is 11.8 Å². The zero-order chi connectivity index (χ0) is 15.3. The van der Waals surface area contributed by atoms with Crippen LogP contribution in [0.5, 0.6) is 0 Å². The van der Waals surface area contributed by atoms with Crippen LogP contribution in [0.15, 0.2) is 23.1 Å². The number of carboxylic acid groups (broad SMARTS) is 1. The van der Waals surface area contributed by atoms with Gasteiger partial charge in [-0.05, 0) is 18.6 Å². The van der Waals surface area contributed by atoms with Gasteiger partial charge in [-0.2, -0.15) is 0 Å². The van der Waals surface area contributed by atoms with Crippen LogP contribution in [0.4, 0.5) is 5.69 Å². The van der Waals surface area contributed by atoms with E-state index in [9.17, 15) is 19.7 Å². The molecule has 0 aliphatic heterocycles. The zero-order valence-electron chi connectivity index (χ0n) is 11.0. The summed E-state index contributed by atoms with van der Waals surface area (Å²) >= 11 is 0.873. The molecule has 0 aliphatic carbocycles. The topological polar surface area (TPSA) is 110 Å². The Morgan fingerprint density at radius 2 is 2.15 bits per heavy atom. The van der Waals surface area contributed by atoms with Crippen molar-refractivity contribution in [2.75, 3.05) is 7.05 Å². The maximum atomic E-state index is 11.5. The van der Waals surface area contributed by atoms with E-state index in [4.69, 9.17) is 5.11 Å². The molecule has 0 bridgehead atoms. The van der Waals surface area contributed by atoms with E-state index in [1.807, 2.05) is 0 Å². The van der Waals surface area contributed by atoms with Gasteiger partial charge in [0, 0.05) is 18.7 Å². The number of benzene rings is 1. The molecule has 1 aromatic rings. The van der Waals surface area contributed by atoms with Gasteiger partial charge in [0.1, 0.15) is 5.25 Å². The highest BCUT2D eigenvalue weighted by Crippen LogP contribution is 2.34. The molecule has 108 valence electrons. The molecule has 0 saturated carbocycles. The van der Waals surface area contributed by atoms with Gasteiger partial charge < -0.3 is 10.4 Å². The number of nitro groups is 1. The number of hydrogen-bond donors (Lipinski definition) is 2. The zero-order valence-corrected chi connectivity index (χ0v) is 11.8. The molecule has 0 saturated heterocycles. The lowest BCUT2D eigenvalue weighted by Crippen LogP contribution is -2.18. The summed E-state index contributed by atoms with van der Waals surface area (Å²) in [6.07, 6.45) is 0.321. The SMILES string of the molecule is CCC(Sc1cc(C(=O)NC)ccc1[N+](=O)[O-])C(=O)O. The number of amides is 1. The number of rotatable bonds is 6. The first-order valence-electron chi connectivity index (χ1n) is 5.80. The van der Waals surface area contributed by atoms with Crippen molar-refractivity contribution in [1.29, 1.82) is 0 Å². The normalized spacial score (nSPS) is 11.7. The van der Waals surface area contributed by atoms with Crippen molar-refractivity contribution in [2.45, 2.75) is 23.5 Å². The molecule has 1 unspecified atom stereocenters. The van der Waals surface area contributed by atoms with Crippen molar-refractivity contribution in [3.8, 4) is 0 Å². The Bertz CT molecular complexity index is 547. The molecule has 20 heavy (non-hydrogen) atoms. The van der Waals surface area contributed by atoms with Crippen molar-refractivity contribution in [3.63, 3.8) is 0 Å². The quantitative estimate of drug-likeness (QED) is 0.471. The Balaban J connectivity index is 3.21. The van der Waals surface area contributed by atoms with E-state index < -0.39 is 16.1 Å². The third-order valence-corrected chi connectivity index (χ3v) is 3.96. The molecule has 1 amide bonds. The number of carbonyl (C=O) groups is 2. The van der Waals surface area contributed by atoms with Crippen LogP contribution in [0.25, 0.3) is 0 Å². The summed E-state index contributed by atoms with van der Waals surface area (Å²) in [4.78, 5) is 33.1. The minimum Gasteiger partial charge on any atom is -0.480 e. The van der Waals surface area contributed by atoms with Crippen LogP contribution in [0.2, 0.25) is 0 Å². The number of hydrogen-bond acceptors (Lipinski definition) is 5. The Labute approximate surface area is 119 Å². The van der Waals surface area contributed by atoms with Crippen molar-refractivity contribution in [2.24, 2.45) is 0 Å². The average molecular weight is 298 g/mol. The largest absolute Gasteiger partial charge is 0.480 e. The molecule has 2 N–H and O–H groups in total. The van der Waals surface area contributed by atoms with E-state index in [2.05, 4.69) is 5.32 Å². The van der Waals surface area contributed by atoms with Gasteiger partial charge in [0.25, 0.3) is 11.6 Å². The van der Waals surface area contributed by atoms with Gasteiger partial charge in [-0.3, -0.25) is 19.7 Å². The predicted octanol–water partition coefficient (Wildman–Crippen LogP) is 1.91. The van der Waals surface area contributed by atoms with E-state index in [1.165, 1.54) is 25.2 Å². The van der Waals surface area contributed by atoms with E-state index in [-0.39, 0.29) is 22.1 Å². The smallest absolute Gasteiger partial charge is 0.316 e. The lowest BCUT2D eigenvalue weighted by molar-refractivity contribution is -0.387. The third kappa shape index (κ3) is 3.70. The average Bonchev–Trinajstić information content (AvgIpc) is 2.42. The van der Waals surface area contributed by atoms with E-state index in [1.54, 1.807) is 6.92 Å². The molecule has 0 spiro atoms. The summed E-state index contributed by atoms with van der Waals surface area (Å²) in [5, 5.41) is 21.6. The van der Waals surface area contributed by atoms with E-state index in [0.29, 0.717) is 6.42 Å². The summed E-state index contributed by atoms with van der Waals surface area (Å²) < 4.78 is 0. The standard InChI is InChI=1S/C12H14N2O5S/c1-3-9(12(16)17)20-10-6-7(11(15)13-2)4-5-8(10)14(18)19/h4-6,9H,3H2,1-2H3,(H,13,15)(H,16,17). The second-order valence-corrected chi connectivity index (χ2v) is 5.12. The number of nitrogens with one attached hydrogen (secondary N) is 1. The van der Waals surface area contributed by atoms with Crippen LogP contribution in [0.3, 0.4) is 0 Å². The fourth-order valence-electron chi connectivity index (χ4n) is 1.51. The van der Waals surface area contributed by atoms with E-state index in [0.717, 1.165) is 11.8 Å². The number of thioether (sulfide) groups is 1. The number of nitrogens with zero attached hydrogens (tertiary/aromatic N) is 1. The Kier molecular flexibility index (Phi) is 5.51. The van der Waals surface area contributed by atoms with Crippen LogP contribution in [-0.4, -0.2) is 34.2 Å². The minimum absolute atomic E-state index is 0.172. The maximum Gasteiger partial charge on any atom is 0.316 e. The second-order valence-electron chi connectivity index (χ2n) is 3.87. The van der Waals surface area contributed by atoms with Gasteiger partial charge in [0.15, 0.2) is 0 Å². The fourth-order valence-corrected chi connectivity index (χ4v) is 2.54. The van der Waals surface area contributed by atoms with Crippen LogP contribution in [-0.2, 0) is 4.79 Å². The van der Waals surface area contributed by atoms with Crippen LogP contribution < -0.4 is 5.32 Å². The van der Waals surface area contributed by atoms with E-state index >= 15 is 0 Å². The third-order valence-electron chi connectivity index (χ3n) is 2.56. The van der Waals surface area contributed by atoms with Crippen molar-refractivity contribution in [1.82, 2.24) is 5.32 Å². The lowest BCUT2D eigenvalue weighted by Gasteiger charge is -2.10. The van der Waals surface area contributed by atoms with Crippen LogP contribution in [0, 0.1) is 10.1 Å². The number of carbonyl (C=O) groups excluding carboxylic acids is 1. The van der Waals surface area contributed by atoms with Crippen LogP contribution in [0.1, 0.15) is 23.7 Å². The summed E-state index contributed by atoms with van der Waals surface area (Å²) in [6, 6.07) is 3.89. The fraction of sp³-hybridized carbons (Fsp3) is 0.333. The number of nitro benzene ring substituents is 1. The molecule has 7 nitrogen and oxygen atoms in total. The first-order valence-corrected chi connectivity index (χ1v) is 6.68. The van der Waals surface area contributed by atoms with Crippen molar-refractivity contribution >= 4 is 29.3 Å². The highest BCUT2D eigenvalue weighted by molar-refractivity contribution is 8.00. The Morgan fingerprint density at radius 3 is 2.60 bits per heavy atom. The molecule has 1 rings (SSSR count). The molecule has 0 heterocycles. The predicted molar refractivity (Wildman–Crippen MR) is 74.1 cm³/mol. The Hall–Kier alpha value is -2.09. The minimum atomic E-state index is -1.04. The number of aliphatic carboxylic acids is 1. The van der Waals surface area contributed by atoms with Gasteiger partial charge in [0.2, 0.25) is 0 Å². The highest BCUT2D eigenvalue weighted by Gasteiger charge is 2.23. The molecule has 1 aromatic carbocycles. The second kappa shape index (κ2) is 6.90. The van der Waals surface area contributed by atoms with Gasteiger partial charge in [0.05, 0.1) is 9.82 Å². The van der Waals surface area contributed by atoms with Gasteiger partial charge in [-0.1, -0.05) is 6.92 Å². The van der Waals surface area contributed by atoms with Gasteiger partial charge >= 0.3 is 5.97 Å². The molecule has 0 aliphatic rings. The first-order chi connectivity index (χ1) is 9.40. The molecule has 0 radical (unpaired) electrons. The number of carboxylic acids is 1. The summed E-state index contributed by atoms with van der Waals surface area (Å²) in [5.41, 5.74) is 0.0446. The lowest BCUT2D eigenvalue weighted by atomic mass is 10.2. The Morgan fingerprint density at radius 1 is 1.50 bits per heavy atom. The highest BCUT2D eigenvalue weighted by atomic mass is 32.2. The van der Waals surface area contributed by atoms with Crippen molar-refractivity contribution < 1.29 is 19.6 Å². The molecular weight excluding hydrogens is 284 g/mol. The van der Waals surface area contributed by atoms with Gasteiger partial charge in [-0.15, -0.1) is 11.8 Å². The maximum absolute atomic E-state index is 11.5. The monoisotopic (exact) mass is 298 g/mol. The summed E-state index contributed by atoms with van der Waals surface area (Å²) in [6.45, 7) is 1.68. The summed E-state index contributed by atoms with van der Waals surface area (Å²) in [5.74, 6) is -1.43. The summed E-state index contributed by atoms with van der Waals surface area (Å²) in [7, 11) is 1.45. The molecule has 1 atom stereocenters. The molecule has 8 heteroatoms. The molecule has 0 aromatic heterocycles.